The maximum atomic E-state index is 12.9. The molecule has 0 fully saturated rings. The Morgan fingerprint density at radius 3 is 2.27 bits per heavy atom. The van der Waals surface area contributed by atoms with E-state index < -0.39 is 37.1 Å². The highest BCUT2D eigenvalue weighted by Crippen LogP contribution is 2.21. The van der Waals surface area contributed by atoms with Gasteiger partial charge in [0.2, 0.25) is 0 Å². The second kappa shape index (κ2) is 3.74. The van der Waals surface area contributed by atoms with Crippen molar-refractivity contribution in [3.8, 4) is 0 Å². The SMILES string of the molecule is NC(=O)c1cc(S(=O)(=O)Cl)cc(F)c1F. The molecule has 0 aliphatic carbocycles. The predicted octanol–water partition coefficient (Wildman–Crippen LogP) is 0.991. The molecule has 0 unspecified atom stereocenters. The maximum Gasteiger partial charge on any atom is 0.261 e. The number of halogens is 3. The Bertz CT molecular complexity index is 529. The van der Waals surface area contributed by atoms with Crippen LogP contribution in [0.2, 0.25) is 0 Å². The van der Waals surface area contributed by atoms with Gasteiger partial charge in [0.1, 0.15) is 0 Å². The first-order valence-corrected chi connectivity index (χ1v) is 5.78. The topological polar surface area (TPSA) is 77.2 Å². The van der Waals surface area contributed by atoms with Crippen LogP contribution in [0.25, 0.3) is 0 Å². The van der Waals surface area contributed by atoms with Crippen molar-refractivity contribution in [1.82, 2.24) is 0 Å². The summed E-state index contributed by atoms with van der Waals surface area (Å²) in [5.41, 5.74) is 3.85. The lowest BCUT2D eigenvalue weighted by Crippen LogP contribution is -2.15. The summed E-state index contributed by atoms with van der Waals surface area (Å²) in [5, 5.41) is 0. The van der Waals surface area contributed by atoms with Crippen LogP contribution in [0.1, 0.15) is 10.4 Å². The van der Waals surface area contributed by atoms with E-state index in [9.17, 15) is 22.0 Å². The molecule has 15 heavy (non-hydrogen) atoms. The lowest BCUT2D eigenvalue weighted by molar-refractivity contribution is 0.0995. The van der Waals surface area contributed by atoms with Crippen molar-refractivity contribution in [2.24, 2.45) is 5.73 Å². The van der Waals surface area contributed by atoms with Gasteiger partial charge in [-0.15, -0.1) is 0 Å². The molecule has 1 aromatic rings. The van der Waals surface area contributed by atoms with E-state index >= 15 is 0 Å². The molecule has 0 heterocycles. The predicted molar refractivity (Wildman–Crippen MR) is 47.9 cm³/mol. The third-order valence-corrected chi connectivity index (χ3v) is 2.88. The maximum absolute atomic E-state index is 12.9. The van der Waals surface area contributed by atoms with Crippen molar-refractivity contribution in [2.45, 2.75) is 4.90 Å². The van der Waals surface area contributed by atoms with Gasteiger partial charge >= 0.3 is 0 Å². The second-order valence-corrected chi connectivity index (χ2v) is 5.13. The molecular formula is C7H4ClF2NO3S. The monoisotopic (exact) mass is 255 g/mol. The van der Waals surface area contributed by atoms with E-state index in [0.29, 0.717) is 12.1 Å². The van der Waals surface area contributed by atoms with Gasteiger partial charge < -0.3 is 5.73 Å². The number of nitrogens with two attached hydrogens (primary N) is 1. The van der Waals surface area contributed by atoms with Crippen LogP contribution in [0.3, 0.4) is 0 Å². The molecule has 8 heteroatoms. The fourth-order valence-electron chi connectivity index (χ4n) is 0.884. The summed E-state index contributed by atoms with van der Waals surface area (Å²) in [4.78, 5) is 9.91. The minimum Gasteiger partial charge on any atom is -0.366 e. The fourth-order valence-corrected chi connectivity index (χ4v) is 1.65. The number of rotatable bonds is 2. The molecule has 2 N–H and O–H groups in total. The molecule has 0 aliphatic rings. The molecule has 1 amide bonds. The van der Waals surface area contributed by atoms with Crippen molar-refractivity contribution in [3.63, 3.8) is 0 Å². The average Bonchev–Trinajstić information content (AvgIpc) is 2.06. The van der Waals surface area contributed by atoms with Crippen LogP contribution in [0.15, 0.2) is 17.0 Å². The summed E-state index contributed by atoms with van der Waals surface area (Å²) in [6.07, 6.45) is 0. The van der Waals surface area contributed by atoms with E-state index in [4.69, 9.17) is 16.4 Å². The largest absolute Gasteiger partial charge is 0.366 e. The molecule has 82 valence electrons. The van der Waals surface area contributed by atoms with E-state index in [1.807, 2.05) is 0 Å². The Hall–Kier alpha value is -1.21. The van der Waals surface area contributed by atoms with Gasteiger partial charge in [-0.3, -0.25) is 4.79 Å². The quantitative estimate of drug-likeness (QED) is 0.801. The average molecular weight is 256 g/mol. The third-order valence-electron chi connectivity index (χ3n) is 1.55. The molecule has 0 saturated heterocycles. The summed E-state index contributed by atoms with van der Waals surface area (Å²) >= 11 is 0. The molecule has 0 bridgehead atoms. The highest BCUT2D eigenvalue weighted by Gasteiger charge is 2.20. The standard InChI is InChI=1S/C7H4ClF2NO3S/c8-15(13,14)3-1-4(7(11)12)6(10)5(9)2-3/h1-2H,(H2,11,12). The van der Waals surface area contributed by atoms with Crippen molar-refractivity contribution >= 4 is 25.6 Å². The summed E-state index contributed by atoms with van der Waals surface area (Å²) < 4.78 is 47.3. The molecule has 1 aromatic carbocycles. The van der Waals surface area contributed by atoms with E-state index in [2.05, 4.69) is 0 Å². The normalized spacial score (nSPS) is 11.4. The van der Waals surface area contributed by atoms with Gasteiger partial charge in [0.15, 0.2) is 11.6 Å². The number of primary amides is 1. The van der Waals surface area contributed by atoms with Crippen LogP contribution in [0.4, 0.5) is 8.78 Å². The van der Waals surface area contributed by atoms with Crippen molar-refractivity contribution in [2.75, 3.05) is 0 Å². The molecule has 0 saturated carbocycles. The third kappa shape index (κ3) is 2.42. The minimum absolute atomic E-state index is 0.365. The van der Waals surface area contributed by atoms with E-state index in [1.165, 1.54) is 0 Å². The highest BCUT2D eigenvalue weighted by molar-refractivity contribution is 8.13. The van der Waals surface area contributed by atoms with Crippen LogP contribution in [0.5, 0.6) is 0 Å². The number of carbonyl (C=O) groups excluding carboxylic acids is 1. The number of benzene rings is 1. The first-order chi connectivity index (χ1) is 6.73. The molecule has 0 spiro atoms. The summed E-state index contributed by atoms with van der Waals surface area (Å²) in [7, 11) is 0.650. The zero-order valence-electron chi connectivity index (χ0n) is 7.00. The first kappa shape index (κ1) is 11.9. The van der Waals surface area contributed by atoms with E-state index in [1.54, 1.807) is 0 Å². The molecule has 0 radical (unpaired) electrons. The van der Waals surface area contributed by atoms with Gasteiger partial charge in [-0.2, -0.15) is 0 Å². The summed E-state index contributed by atoms with van der Waals surface area (Å²) in [6, 6.07) is 0.938. The Balaban J connectivity index is 3.57. The van der Waals surface area contributed by atoms with Gasteiger partial charge in [0, 0.05) is 10.7 Å². The fraction of sp³-hybridized carbons (Fsp3) is 0. The molecule has 4 nitrogen and oxygen atoms in total. The Morgan fingerprint density at radius 1 is 1.33 bits per heavy atom. The van der Waals surface area contributed by atoms with Gasteiger partial charge in [-0.25, -0.2) is 17.2 Å². The number of hydrogen-bond donors (Lipinski definition) is 1. The highest BCUT2D eigenvalue weighted by atomic mass is 35.7. The molecule has 1 rings (SSSR count). The van der Waals surface area contributed by atoms with Gasteiger partial charge in [-0.1, -0.05) is 0 Å². The lowest BCUT2D eigenvalue weighted by atomic mass is 10.2. The number of carbonyl (C=O) groups is 1. The van der Waals surface area contributed by atoms with Crippen molar-refractivity contribution in [3.05, 3.63) is 29.3 Å². The van der Waals surface area contributed by atoms with Crippen LogP contribution in [-0.4, -0.2) is 14.3 Å². The Morgan fingerprint density at radius 2 is 1.87 bits per heavy atom. The zero-order valence-corrected chi connectivity index (χ0v) is 8.57. The minimum atomic E-state index is -4.24. The van der Waals surface area contributed by atoms with Gasteiger partial charge in [0.05, 0.1) is 10.5 Å². The molecule has 0 atom stereocenters. The van der Waals surface area contributed by atoms with Crippen molar-refractivity contribution < 1.29 is 22.0 Å². The van der Waals surface area contributed by atoms with Crippen LogP contribution >= 0.6 is 10.7 Å². The zero-order chi connectivity index (χ0) is 11.8. The van der Waals surface area contributed by atoms with Crippen LogP contribution in [0, 0.1) is 11.6 Å². The van der Waals surface area contributed by atoms with Crippen LogP contribution in [-0.2, 0) is 9.05 Å². The Labute approximate surface area is 88.1 Å². The summed E-state index contributed by atoms with van der Waals surface area (Å²) in [5.74, 6) is -4.30. The molecular weight excluding hydrogens is 252 g/mol. The van der Waals surface area contributed by atoms with E-state index in [0.717, 1.165) is 0 Å². The molecule has 0 aliphatic heterocycles. The molecule has 0 aromatic heterocycles. The number of amides is 1. The number of hydrogen-bond acceptors (Lipinski definition) is 3. The first-order valence-electron chi connectivity index (χ1n) is 3.47. The Kier molecular flexibility index (Phi) is 2.96. The van der Waals surface area contributed by atoms with Crippen molar-refractivity contribution in [1.29, 1.82) is 0 Å². The van der Waals surface area contributed by atoms with Gasteiger partial charge in [0.25, 0.3) is 15.0 Å². The lowest BCUT2D eigenvalue weighted by Gasteiger charge is -2.02. The second-order valence-electron chi connectivity index (χ2n) is 2.57. The van der Waals surface area contributed by atoms with Gasteiger partial charge in [-0.05, 0) is 12.1 Å². The van der Waals surface area contributed by atoms with Crippen LogP contribution < -0.4 is 5.73 Å². The smallest absolute Gasteiger partial charge is 0.261 e. The summed E-state index contributed by atoms with van der Waals surface area (Å²) in [6.45, 7) is 0. The van der Waals surface area contributed by atoms with E-state index in [-0.39, 0.29) is 0 Å².